The number of halogens is 1. The molecule has 2 aromatic heterocycles. The fourth-order valence-corrected chi connectivity index (χ4v) is 3.95. The van der Waals surface area contributed by atoms with Crippen LogP contribution in [0.1, 0.15) is 18.7 Å². The number of fused-ring (bicyclic) bond motifs is 1. The third-order valence-electron chi connectivity index (χ3n) is 3.91. The van der Waals surface area contributed by atoms with E-state index < -0.39 is 6.09 Å². The lowest BCUT2D eigenvalue weighted by Crippen LogP contribution is -2.53. The Morgan fingerprint density at radius 2 is 2.27 bits per heavy atom. The minimum Gasteiger partial charge on any atom is -0.465 e. The quantitative estimate of drug-likeness (QED) is 0.851. The summed E-state index contributed by atoms with van der Waals surface area (Å²) in [6, 6.07) is 2.16. The highest BCUT2D eigenvalue weighted by atomic mass is 35.5. The number of thiophene rings is 1. The van der Waals surface area contributed by atoms with Crippen molar-refractivity contribution in [2.45, 2.75) is 26.3 Å². The summed E-state index contributed by atoms with van der Waals surface area (Å²) in [4.78, 5) is 25.5. The van der Waals surface area contributed by atoms with Crippen LogP contribution in [0, 0.1) is 0 Å². The van der Waals surface area contributed by atoms with Gasteiger partial charge in [0.25, 0.3) is 0 Å². The summed E-state index contributed by atoms with van der Waals surface area (Å²) in [7, 11) is 0. The normalized spacial score (nSPS) is 19.0. The first-order chi connectivity index (χ1) is 10.5. The second-order valence-electron chi connectivity index (χ2n) is 5.37. The molecule has 3 rings (SSSR count). The molecule has 1 fully saturated rings. The van der Waals surface area contributed by atoms with Crippen molar-refractivity contribution in [3.8, 4) is 0 Å². The molecular weight excluding hydrogens is 324 g/mol. The Hall–Kier alpha value is -1.60. The predicted molar refractivity (Wildman–Crippen MR) is 88.2 cm³/mol. The molecule has 8 heteroatoms. The molecule has 0 aromatic carbocycles. The van der Waals surface area contributed by atoms with Gasteiger partial charge in [-0.2, -0.15) is 4.98 Å². The topological polar surface area (TPSA) is 69.6 Å². The molecule has 0 bridgehead atoms. The molecule has 1 amide bonds. The third kappa shape index (κ3) is 2.70. The molecule has 2 aromatic rings. The second-order valence-corrected chi connectivity index (χ2v) is 6.83. The summed E-state index contributed by atoms with van der Waals surface area (Å²) in [6.07, 6.45) is 0.0710. The van der Waals surface area contributed by atoms with Crippen LogP contribution < -0.4 is 4.90 Å². The van der Waals surface area contributed by atoms with E-state index in [1.165, 1.54) is 9.78 Å². The first-order valence-corrected chi connectivity index (χ1v) is 8.39. The van der Waals surface area contributed by atoms with Crippen molar-refractivity contribution in [1.82, 2.24) is 14.9 Å². The number of hydrogen-bond acceptors (Lipinski definition) is 5. The molecule has 0 unspecified atom stereocenters. The highest BCUT2D eigenvalue weighted by Gasteiger charge is 2.29. The van der Waals surface area contributed by atoms with Crippen LogP contribution in [0.15, 0.2) is 6.07 Å². The lowest BCUT2D eigenvalue weighted by atomic mass is 10.2. The number of nitrogens with zero attached hydrogens (tertiary/aromatic N) is 4. The Bertz CT molecular complexity index is 720. The maximum atomic E-state index is 11.1. The zero-order chi connectivity index (χ0) is 15.9. The summed E-state index contributed by atoms with van der Waals surface area (Å²) >= 11 is 7.71. The molecule has 0 aliphatic carbocycles. The van der Waals surface area contributed by atoms with Crippen molar-refractivity contribution in [3.63, 3.8) is 0 Å². The van der Waals surface area contributed by atoms with Crippen LogP contribution in [-0.4, -0.2) is 51.7 Å². The van der Waals surface area contributed by atoms with Crippen LogP contribution in [0.3, 0.4) is 0 Å². The summed E-state index contributed by atoms with van der Waals surface area (Å²) in [5.74, 6) is 0.809. The molecule has 1 aliphatic rings. The molecule has 0 radical (unpaired) electrons. The number of aromatic nitrogens is 2. The minimum atomic E-state index is -0.874. The van der Waals surface area contributed by atoms with Crippen LogP contribution in [0.25, 0.3) is 10.2 Å². The van der Waals surface area contributed by atoms with Gasteiger partial charge in [-0.05, 0) is 31.0 Å². The lowest BCUT2D eigenvalue weighted by Gasteiger charge is -2.39. The molecule has 6 nitrogen and oxygen atoms in total. The number of rotatable bonds is 2. The molecule has 1 aliphatic heterocycles. The van der Waals surface area contributed by atoms with Crippen LogP contribution >= 0.6 is 22.9 Å². The van der Waals surface area contributed by atoms with Crippen molar-refractivity contribution in [1.29, 1.82) is 0 Å². The molecule has 1 atom stereocenters. The Labute approximate surface area is 137 Å². The van der Waals surface area contributed by atoms with Crippen LogP contribution in [-0.2, 0) is 6.42 Å². The molecule has 0 saturated carbocycles. The first kappa shape index (κ1) is 15.3. The number of amides is 1. The summed E-state index contributed by atoms with van der Waals surface area (Å²) in [5.41, 5.74) is 0. The zero-order valence-electron chi connectivity index (χ0n) is 12.4. The van der Waals surface area contributed by atoms with Gasteiger partial charge in [-0.1, -0.05) is 6.92 Å². The van der Waals surface area contributed by atoms with E-state index >= 15 is 0 Å². The van der Waals surface area contributed by atoms with Crippen molar-refractivity contribution >= 4 is 45.1 Å². The van der Waals surface area contributed by atoms with Gasteiger partial charge in [-0.3, -0.25) is 0 Å². The standard InChI is InChI=1S/C14H17ClN4O2S/c1-3-9-6-10-11(16-13(15)17-12(10)22-9)19-5-4-18(14(20)21)7-8(19)2/h6,8H,3-5,7H2,1-2H3,(H,20,21)/t8-/m0/s1. The number of hydrogen-bond donors (Lipinski definition) is 1. The number of carboxylic acid groups (broad SMARTS) is 1. The maximum absolute atomic E-state index is 11.1. The number of piperazine rings is 1. The van der Waals surface area contributed by atoms with Crippen molar-refractivity contribution in [2.75, 3.05) is 24.5 Å². The maximum Gasteiger partial charge on any atom is 0.407 e. The largest absolute Gasteiger partial charge is 0.465 e. The number of anilines is 1. The Kier molecular flexibility index (Phi) is 4.10. The average molecular weight is 341 g/mol. The fourth-order valence-electron chi connectivity index (χ4n) is 2.77. The van der Waals surface area contributed by atoms with Gasteiger partial charge < -0.3 is 14.9 Å². The van der Waals surface area contributed by atoms with Crippen molar-refractivity contribution in [3.05, 3.63) is 16.2 Å². The Morgan fingerprint density at radius 3 is 2.91 bits per heavy atom. The van der Waals surface area contributed by atoms with E-state index in [0.29, 0.717) is 19.6 Å². The van der Waals surface area contributed by atoms with E-state index in [-0.39, 0.29) is 11.3 Å². The van der Waals surface area contributed by atoms with Crippen molar-refractivity contribution < 1.29 is 9.90 Å². The van der Waals surface area contributed by atoms with Crippen LogP contribution in [0.2, 0.25) is 5.28 Å². The Morgan fingerprint density at radius 1 is 1.50 bits per heavy atom. The highest BCUT2D eigenvalue weighted by Crippen LogP contribution is 2.33. The number of aryl methyl sites for hydroxylation is 1. The van der Waals surface area contributed by atoms with Gasteiger partial charge >= 0.3 is 6.09 Å². The van der Waals surface area contributed by atoms with E-state index in [9.17, 15) is 4.79 Å². The van der Waals surface area contributed by atoms with E-state index in [1.54, 1.807) is 11.3 Å². The van der Waals surface area contributed by atoms with Crippen LogP contribution in [0.4, 0.5) is 10.6 Å². The monoisotopic (exact) mass is 340 g/mol. The van der Waals surface area contributed by atoms with Gasteiger partial charge in [0, 0.05) is 30.6 Å². The summed E-state index contributed by atoms with van der Waals surface area (Å²) in [6.45, 7) is 5.64. The second kappa shape index (κ2) is 5.89. The van der Waals surface area contributed by atoms with Crippen molar-refractivity contribution in [2.24, 2.45) is 0 Å². The predicted octanol–water partition coefficient (Wildman–Crippen LogP) is 3.10. The zero-order valence-corrected chi connectivity index (χ0v) is 14.0. The summed E-state index contributed by atoms with van der Waals surface area (Å²) in [5, 5.41) is 10.4. The van der Waals surface area contributed by atoms with Gasteiger partial charge in [-0.15, -0.1) is 11.3 Å². The van der Waals surface area contributed by atoms with E-state index in [0.717, 1.165) is 22.5 Å². The Balaban J connectivity index is 1.99. The van der Waals surface area contributed by atoms with Gasteiger partial charge in [-0.25, -0.2) is 9.78 Å². The van der Waals surface area contributed by atoms with E-state index in [2.05, 4.69) is 27.9 Å². The van der Waals surface area contributed by atoms with E-state index in [1.807, 2.05) is 6.92 Å². The van der Waals surface area contributed by atoms with Gasteiger partial charge in [0.15, 0.2) is 0 Å². The SMILES string of the molecule is CCc1cc2c(N3CCN(C(=O)O)C[C@@H]3C)nc(Cl)nc2s1. The molecular formula is C14H17ClN4O2S. The molecule has 22 heavy (non-hydrogen) atoms. The lowest BCUT2D eigenvalue weighted by molar-refractivity contribution is 0.136. The highest BCUT2D eigenvalue weighted by molar-refractivity contribution is 7.18. The number of carbonyl (C=O) groups is 1. The molecule has 0 spiro atoms. The third-order valence-corrected chi connectivity index (χ3v) is 5.26. The minimum absolute atomic E-state index is 0.0454. The van der Waals surface area contributed by atoms with Crippen LogP contribution in [0.5, 0.6) is 0 Å². The molecule has 3 heterocycles. The smallest absolute Gasteiger partial charge is 0.407 e. The van der Waals surface area contributed by atoms with Gasteiger partial charge in [0.05, 0.1) is 5.39 Å². The summed E-state index contributed by atoms with van der Waals surface area (Å²) < 4.78 is 0. The average Bonchev–Trinajstić information content (AvgIpc) is 2.89. The van der Waals surface area contributed by atoms with Gasteiger partial charge in [0.2, 0.25) is 5.28 Å². The molecule has 1 saturated heterocycles. The molecule has 1 N–H and O–H groups in total. The fraction of sp³-hybridized carbons (Fsp3) is 0.500. The molecule has 118 valence electrons. The van der Waals surface area contributed by atoms with Gasteiger partial charge in [0.1, 0.15) is 10.6 Å². The first-order valence-electron chi connectivity index (χ1n) is 7.20. The van der Waals surface area contributed by atoms with E-state index in [4.69, 9.17) is 16.7 Å².